The standard InChI is InChI=1S/C11H6Cl2FN3O/c12-7-3-5(1-2-8(7)14)9-4-6(11(15)18)10(13)17-16-9/h1-4H,(H2,15,18). The molecule has 1 aromatic heterocycles. The van der Waals surface area contributed by atoms with E-state index in [-0.39, 0.29) is 15.7 Å². The summed E-state index contributed by atoms with van der Waals surface area (Å²) in [7, 11) is 0. The normalized spacial score (nSPS) is 10.4. The largest absolute Gasteiger partial charge is 0.366 e. The number of rotatable bonds is 2. The van der Waals surface area contributed by atoms with Gasteiger partial charge in [-0.15, -0.1) is 10.2 Å². The third kappa shape index (κ3) is 2.42. The van der Waals surface area contributed by atoms with Crippen LogP contribution in [0.5, 0.6) is 0 Å². The minimum atomic E-state index is -0.718. The summed E-state index contributed by atoms with van der Waals surface area (Å²) < 4.78 is 13.0. The first-order valence-corrected chi connectivity index (χ1v) is 5.53. The van der Waals surface area contributed by atoms with Crippen LogP contribution in [0.25, 0.3) is 11.3 Å². The van der Waals surface area contributed by atoms with Crippen molar-refractivity contribution in [1.82, 2.24) is 10.2 Å². The van der Waals surface area contributed by atoms with Gasteiger partial charge in [-0.3, -0.25) is 4.79 Å². The molecule has 1 aromatic carbocycles. The molecule has 2 rings (SSSR count). The SMILES string of the molecule is NC(=O)c1cc(-c2ccc(F)c(Cl)c2)nnc1Cl. The average molecular weight is 286 g/mol. The molecular formula is C11H6Cl2FN3O. The van der Waals surface area contributed by atoms with Gasteiger partial charge in [0.05, 0.1) is 16.3 Å². The molecule has 0 saturated carbocycles. The molecule has 2 aromatic rings. The van der Waals surface area contributed by atoms with Gasteiger partial charge in [-0.05, 0) is 24.3 Å². The molecule has 18 heavy (non-hydrogen) atoms. The predicted molar refractivity (Wildman–Crippen MR) is 66.0 cm³/mol. The first-order valence-electron chi connectivity index (χ1n) is 4.77. The van der Waals surface area contributed by atoms with Crippen LogP contribution in [-0.4, -0.2) is 16.1 Å². The third-order valence-electron chi connectivity index (χ3n) is 2.23. The number of nitrogens with two attached hydrogens (primary N) is 1. The van der Waals surface area contributed by atoms with Gasteiger partial charge in [-0.25, -0.2) is 4.39 Å². The molecule has 0 spiro atoms. The zero-order valence-electron chi connectivity index (χ0n) is 8.82. The van der Waals surface area contributed by atoms with E-state index in [4.69, 9.17) is 28.9 Å². The topological polar surface area (TPSA) is 68.9 Å². The Bertz CT molecular complexity index is 634. The molecule has 0 unspecified atom stereocenters. The van der Waals surface area contributed by atoms with Crippen LogP contribution >= 0.6 is 23.2 Å². The van der Waals surface area contributed by atoms with E-state index in [1.165, 1.54) is 24.3 Å². The first-order chi connectivity index (χ1) is 8.49. The molecule has 0 fully saturated rings. The zero-order chi connectivity index (χ0) is 13.3. The molecule has 92 valence electrons. The summed E-state index contributed by atoms with van der Waals surface area (Å²) in [5, 5.41) is 7.26. The van der Waals surface area contributed by atoms with Crippen molar-refractivity contribution < 1.29 is 9.18 Å². The predicted octanol–water partition coefficient (Wildman–Crippen LogP) is 2.69. The number of hydrogen-bond donors (Lipinski definition) is 1. The summed E-state index contributed by atoms with van der Waals surface area (Å²) in [4.78, 5) is 11.1. The number of carbonyl (C=O) groups excluding carboxylic acids is 1. The van der Waals surface area contributed by atoms with Crippen molar-refractivity contribution in [2.24, 2.45) is 5.73 Å². The molecule has 0 atom stereocenters. The maximum atomic E-state index is 13.0. The smallest absolute Gasteiger partial charge is 0.251 e. The molecule has 7 heteroatoms. The summed E-state index contributed by atoms with van der Waals surface area (Å²) >= 11 is 11.3. The number of benzene rings is 1. The van der Waals surface area contributed by atoms with Gasteiger partial charge in [0.2, 0.25) is 0 Å². The van der Waals surface area contributed by atoms with Gasteiger partial charge in [-0.1, -0.05) is 23.2 Å². The van der Waals surface area contributed by atoms with Crippen molar-refractivity contribution in [2.75, 3.05) is 0 Å². The van der Waals surface area contributed by atoms with Crippen LogP contribution in [0.1, 0.15) is 10.4 Å². The van der Waals surface area contributed by atoms with E-state index >= 15 is 0 Å². The molecule has 0 bridgehead atoms. The van der Waals surface area contributed by atoms with E-state index < -0.39 is 11.7 Å². The van der Waals surface area contributed by atoms with Crippen LogP contribution in [0.15, 0.2) is 24.3 Å². The van der Waals surface area contributed by atoms with Crippen LogP contribution in [0.3, 0.4) is 0 Å². The molecular weight excluding hydrogens is 280 g/mol. The minimum Gasteiger partial charge on any atom is -0.366 e. The Morgan fingerprint density at radius 3 is 2.56 bits per heavy atom. The fourth-order valence-electron chi connectivity index (χ4n) is 1.35. The molecule has 2 N–H and O–H groups in total. The Kier molecular flexibility index (Phi) is 3.45. The number of amides is 1. The summed E-state index contributed by atoms with van der Waals surface area (Å²) in [6.45, 7) is 0. The maximum Gasteiger partial charge on any atom is 0.251 e. The van der Waals surface area contributed by atoms with Crippen molar-refractivity contribution in [3.8, 4) is 11.3 Å². The van der Waals surface area contributed by atoms with Crippen LogP contribution < -0.4 is 5.73 Å². The number of halogens is 3. The second-order valence-electron chi connectivity index (χ2n) is 3.43. The Hall–Kier alpha value is -1.72. The number of primary amides is 1. The fourth-order valence-corrected chi connectivity index (χ4v) is 1.71. The van der Waals surface area contributed by atoms with Crippen LogP contribution in [-0.2, 0) is 0 Å². The van der Waals surface area contributed by atoms with Gasteiger partial charge in [0.25, 0.3) is 5.91 Å². The van der Waals surface area contributed by atoms with E-state index in [1.807, 2.05) is 0 Å². The second kappa shape index (κ2) is 4.88. The van der Waals surface area contributed by atoms with Crippen molar-refractivity contribution in [3.05, 3.63) is 45.8 Å². The lowest BCUT2D eigenvalue weighted by Gasteiger charge is -2.04. The van der Waals surface area contributed by atoms with Gasteiger partial charge in [0.1, 0.15) is 5.82 Å². The Labute approximate surface area is 112 Å². The van der Waals surface area contributed by atoms with Crippen LogP contribution in [0, 0.1) is 5.82 Å². The van der Waals surface area contributed by atoms with E-state index in [0.717, 1.165) is 0 Å². The highest BCUT2D eigenvalue weighted by atomic mass is 35.5. The van der Waals surface area contributed by atoms with Crippen molar-refractivity contribution >= 4 is 29.1 Å². The molecule has 0 aliphatic heterocycles. The number of nitrogens with zero attached hydrogens (tertiary/aromatic N) is 2. The van der Waals surface area contributed by atoms with Gasteiger partial charge in [-0.2, -0.15) is 0 Å². The average Bonchev–Trinajstić information content (AvgIpc) is 2.33. The monoisotopic (exact) mass is 285 g/mol. The van der Waals surface area contributed by atoms with Crippen molar-refractivity contribution in [1.29, 1.82) is 0 Å². The summed E-state index contributed by atoms with van der Waals surface area (Å²) in [6.07, 6.45) is 0. The highest BCUT2D eigenvalue weighted by Gasteiger charge is 2.12. The molecule has 1 amide bonds. The van der Waals surface area contributed by atoms with Gasteiger partial charge in [0, 0.05) is 5.56 Å². The highest BCUT2D eigenvalue weighted by molar-refractivity contribution is 6.32. The molecule has 0 aliphatic rings. The van der Waals surface area contributed by atoms with Crippen LogP contribution in [0.2, 0.25) is 10.2 Å². The van der Waals surface area contributed by atoms with Gasteiger partial charge in [0.15, 0.2) is 5.15 Å². The maximum absolute atomic E-state index is 13.0. The van der Waals surface area contributed by atoms with E-state index in [9.17, 15) is 9.18 Å². The molecule has 4 nitrogen and oxygen atoms in total. The fraction of sp³-hybridized carbons (Fsp3) is 0. The quantitative estimate of drug-likeness (QED) is 0.922. The zero-order valence-corrected chi connectivity index (χ0v) is 10.3. The minimum absolute atomic E-state index is 0.0436. The Morgan fingerprint density at radius 1 is 1.22 bits per heavy atom. The second-order valence-corrected chi connectivity index (χ2v) is 4.19. The Balaban J connectivity index is 2.54. The van der Waals surface area contributed by atoms with Crippen LogP contribution in [0.4, 0.5) is 4.39 Å². The van der Waals surface area contributed by atoms with Gasteiger partial charge < -0.3 is 5.73 Å². The number of carbonyl (C=O) groups is 1. The molecule has 0 saturated heterocycles. The lowest BCUT2D eigenvalue weighted by molar-refractivity contribution is 0.1000. The van der Waals surface area contributed by atoms with Crippen molar-refractivity contribution in [3.63, 3.8) is 0 Å². The number of aromatic nitrogens is 2. The summed E-state index contributed by atoms with van der Waals surface area (Å²) in [6, 6.07) is 5.41. The third-order valence-corrected chi connectivity index (χ3v) is 2.80. The van der Waals surface area contributed by atoms with E-state index in [0.29, 0.717) is 11.3 Å². The van der Waals surface area contributed by atoms with E-state index in [1.54, 1.807) is 0 Å². The summed E-state index contributed by atoms with van der Waals surface area (Å²) in [5.74, 6) is -1.26. The highest BCUT2D eigenvalue weighted by Crippen LogP contribution is 2.25. The van der Waals surface area contributed by atoms with Gasteiger partial charge >= 0.3 is 0 Å². The Morgan fingerprint density at radius 2 is 1.94 bits per heavy atom. The van der Waals surface area contributed by atoms with E-state index in [2.05, 4.69) is 10.2 Å². The first kappa shape index (κ1) is 12.7. The lowest BCUT2D eigenvalue weighted by Crippen LogP contribution is -2.13. The molecule has 1 heterocycles. The lowest BCUT2D eigenvalue weighted by atomic mass is 10.1. The van der Waals surface area contributed by atoms with Crippen molar-refractivity contribution in [2.45, 2.75) is 0 Å². The number of hydrogen-bond acceptors (Lipinski definition) is 3. The summed E-state index contributed by atoms with van der Waals surface area (Å²) in [5.41, 5.74) is 6.02. The molecule has 0 aliphatic carbocycles. The molecule has 0 radical (unpaired) electrons.